The van der Waals surface area contributed by atoms with Crippen LogP contribution in [0.15, 0.2) is 91.0 Å². The molecule has 15 nitrogen and oxygen atoms in total. The molecule has 0 spiro atoms. The van der Waals surface area contributed by atoms with E-state index in [9.17, 15) is 33.6 Å². The first-order valence-corrected chi connectivity index (χ1v) is 23.9. The minimum Gasteiger partial charge on any atom is -0.492 e. The van der Waals surface area contributed by atoms with Crippen LogP contribution in [-0.2, 0) is 81.2 Å². The average molecular weight is 971 g/mol. The Morgan fingerprint density at radius 3 is 1.60 bits per heavy atom. The van der Waals surface area contributed by atoms with Crippen molar-refractivity contribution in [2.24, 2.45) is 17.3 Å². The topological polar surface area (TPSA) is 193 Å². The molecule has 0 aliphatic carbocycles. The molecule has 0 heterocycles. The normalized spacial score (nSPS) is 12.5. The van der Waals surface area contributed by atoms with E-state index in [2.05, 4.69) is 44.3 Å². The second-order valence-electron chi connectivity index (χ2n) is 17.3. The van der Waals surface area contributed by atoms with Gasteiger partial charge >= 0.3 is 41.8 Å². The Hall–Kier alpha value is -6.77. The number of hydrogen-bond acceptors (Lipinski definition) is 15. The number of ether oxygens (including phenoxy) is 8. The molecule has 0 aromatic heterocycles. The fraction of sp³-hybridized carbons (Fsp3) is 0.473. The van der Waals surface area contributed by atoms with Gasteiger partial charge in [0, 0.05) is 17.6 Å². The van der Waals surface area contributed by atoms with Crippen LogP contribution in [0.25, 0.3) is 11.1 Å². The first-order valence-electron chi connectivity index (χ1n) is 23.9. The molecule has 0 amide bonds. The van der Waals surface area contributed by atoms with E-state index in [1.807, 2.05) is 18.2 Å². The van der Waals surface area contributed by atoms with E-state index in [1.165, 1.54) is 52.0 Å². The zero-order chi connectivity index (χ0) is 51.6. The van der Waals surface area contributed by atoms with Gasteiger partial charge in [-0.15, -0.1) is 0 Å². The summed E-state index contributed by atoms with van der Waals surface area (Å²) in [6.07, 6.45) is 7.34. The summed E-state index contributed by atoms with van der Waals surface area (Å²) in [4.78, 5) is 89.1. The SMILES string of the molecule is C=C(C)C(=O)OCCCc1cc(-c2ccc(OC(=O)CCc3ccc(CCCCCC)cc3)cc2)ccc1OCC(COC(=O)C(=C)C)(COC(=O)C(C)C(=O)OCC)COC(=O)C(C)C(=O)OCC. The van der Waals surface area contributed by atoms with Crippen molar-refractivity contribution in [3.8, 4) is 22.6 Å². The summed E-state index contributed by atoms with van der Waals surface area (Å²) in [6.45, 7) is 16.2. The zero-order valence-electron chi connectivity index (χ0n) is 41.9. The van der Waals surface area contributed by atoms with Gasteiger partial charge in [-0.1, -0.05) is 81.8 Å². The van der Waals surface area contributed by atoms with Gasteiger partial charge in [-0.2, -0.15) is 0 Å². The molecule has 2 unspecified atom stereocenters. The predicted molar refractivity (Wildman–Crippen MR) is 261 cm³/mol. The molecule has 3 rings (SSSR count). The van der Waals surface area contributed by atoms with E-state index in [0.717, 1.165) is 23.1 Å². The third kappa shape index (κ3) is 19.7. The quantitative estimate of drug-likeness (QED) is 0.0148. The van der Waals surface area contributed by atoms with E-state index in [-0.39, 0.29) is 43.4 Å². The molecule has 2 atom stereocenters. The third-order valence-corrected chi connectivity index (χ3v) is 11.0. The first-order chi connectivity index (χ1) is 33.4. The highest BCUT2D eigenvalue weighted by Gasteiger charge is 2.40. The number of aryl methyl sites for hydroxylation is 3. The Morgan fingerprint density at radius 1 is 0.543 bits per heavy atom. The van der Waals surface area contributed by atoms with Crippen LogP contribution in [0.5, 0.6) is 11.5 Å². The summed E-state index contributed by atoms with van der Waals surface area (Å²) in [5, 5.41) is 0. The molecule has 0 aliphatic rings. The van der Waals surface area contributed by atoms with Crippen LogP contribution in [0.1, 0.15) is 104 Å². The van der Waals surface area contributed by atoms with Gasteiger partial charge in [0.15, 0.2) is 11.8 Å². The summed E-state index contributed by atoms with van der Waals surface area (Å²) < 4.78 is 44.2. The molecule has 0 N–H and O–H groups in total. The highest BCUT2D eigenvalue weighted by molar-refractivity contribution is 5.95. The predicted octanol–water partition coefficient (Wildman–Crippen LogP) is 9.04. The Bertz CT molecular complexity index is 2200. The van der Waals surface area contributed by atoms with Crippen molar-refractivity contribution < 1.29 is 71.5 Å². The minimum absolute atomic E-state index is 0.0213. The van der Waals surface area contributed by atoms with Crippen molar-refractivity contribution in [1.82, 2.24) is 0 Å². The van der Waals surface area contributed by atoms with Gasteiger partial charge in [0.2, 0.25) is 0 Å². The fourth-order valence-electron chi connectivity index (χ4n) is 6.67. The third-order valence-electron chi connectivity index (χ3n) is 11.0. The molecular formula is C55H70O15. The molecular weight excluding hydrogens is 901 g/mol. The second kappa shape index (κ2) is 30.0. The average Bonchev–Trinajstić information content (AvgIpc) is 3.35. The van der Waals surface area contributed by atoms with Crippen LogP contribution in [0.3, 0.4) is 0 Å². The summed E-state index contributed by atoms with van der Waals surface area (Å²) in [6, 6.07) is 20.8. The monoisotopic (exact) mass is 970 g/mol. The van der Waals surface area contributed by atoms with Crippen LogP contribution < -0.4 is 9.47 Å². The summed E-state index contributed by atoms with van der Waals surface area (Å²) in [7, 11) is 0. The molecule has 0 fully saturated rings. The molecule has 70 heavy (non-hydrogen) atoms. The standard InChI is InChI=1S/C55H70O15/c1-10-13-14-15-17-41-19-21-42(22-20-41)23-30-48(56)70-46-27-24-43(25-28-46)44-26-29-47(45(32-44)18-16-31-65-49(57)37(4)5)66-33-55(34-67-50(58)38(6)7,35-68-53(61)39(8)51(59)63-11-2)36-69-54(62)40(9)52(60)64-12-3/h19-22,24-29,32,39-40H,4,6,10-18,23,30-31,33-36H2,1-3,5,7-9H3. The maximum Gasteiger partial charge on any atom is 0.333 e. The highest BCUT2D eigenvalue weighted by Crippen LogP contribution is 2.32. The number of esters is 7. The molecule has 380 valence electrons. The van der Waals surface area contributed by atoms with Crippen molar-refractivity contribution in [1.29, 1.82) is 0 Å². The van der Waals surface area contributed by atoms with Gasteiger partial charge in [-0.25, -0.2) is 9.59 Å². The van der Waals surface area contributed by atoms with Crippen molar-refractivity contribution in [3.63, 3.8) is 0 Å². The fourth-order valence-corrected chi connectivity index (χ4v) is 6.67. The minimum atomic E-state index is -1.63. The molecule has 3 aromatic rings. The van der Waals surface area contributed by atoms with E-state index in [1.54, 1.807) is 45.0 Å². The lowest BCUT2D eigenvalue weighted by Crippen LogP contribution is -2.45. The van der Waals surface area contributed by atoms with Crippen molar-refractivity contribution >= 4 is 41.8 Å². The Balaban J connectivity index is 1.91. The van der Waals surface area contributed by atoms with Crippen LogP contribution in [0.4, 0.5) is 0 Å². The number of benzene rings is 3. The number of unbranched alkanes of at least 4 members (excludes halogenated alkanes) is 3. The van der Waals surface area contributed by atoms with E-state index >= 15 is 0 Å². The molecule has 3 aromatic carbocycles. The lowest BCUT2D eigenvalue weighted by atomic mass is 9.91. The Morgan fingerprint density at radius 2 is 1.06 bits per heavy atom. The lowest BCUT2D eigenvalue weighted by molar-refractivity contribution is -0.171. The highest BCUT2D eigenvalue weighted by atomic mass is 16.6. The van der Waals surface area contributed by atoms with Gasteiger partial charge in [-0.05, 0) is 126 Å². The smallest absolute Gasteiger partial charge is 0.333 e. The lowest BCUT2D eigenvalue weighted by Gasteiger charge is -2.33. The van der Waals surface area contributed by atoms with Gasteiger partial charge in [0.25, 0.3) is 0 Å². The number of hydrogen-bond donors (Lipinski definition) is 0. The maximum absolute atomic E-state index is 13.2. The number of carbonyl (C=O) groups excluding carboxylic acids is 7. The molecule has 15 heteroatoms. The van der Waals surface area contributed by atoms with Crippen molar-refractivity contribution in [3.05, 3.63) is 108 Å². The largest absolute Gasteiger partial charge is 0.492 e. The van der Waals surface area contributed by atoms with Gasteiger partial charge in [-0.3, -0.25) is 24.0 Å². The van der Waals surface area contributed by atoms with Gasteiger partial charge in [0.05, 0.1) is 19.8 Å². The van der Waals surface area contributed by atoms with Crippen molar-refractivity contribution in [2.45, 2.75) is 106 Å². The summed E-state index contributed by atoms with van der Waals surface area (Å²) >= 11 is 0. The summed E-state index contributed by atoms with van der Waals surface area (Å²) in [5.41, 5.74) is 3.22. The second-order valence-corrected chi connectivity index (χ2v) is 17.3. The molecule has 0 bridgehead atoms. The number of carbonyl (C=O) groups is 7. The van der Waals surface area contributed by atoms with Crippen LogP contribution >= 0.6 is 0 Å². The van der Waals surface area contributed by atoms with Gasteiger partial charge < -0.3 is 37.9 Å². The maximum atomic E-state index is 13.2. The van der Waals surface area contributed by atoms with E-state index in [0.29, 0.717) is 36.3 Å². The van der Waals surface area contributed by atoms with Crippen LogP contribution in [0.2, 0.25) is 0 Å². The number of rotatable bonds is 31. The van der Waals surface area contributed by atoms with Gasteiger partial charge in [0.1, 0.15) is 43.3 Å². The van der Waals surface area contributed by atoms with E-state index in [4.69, 9.17) is 37.9 Å². The van der Waals surface area contributed by atoms with Crippen molar-refractivity contribution in [2.75, 3.05) is 46.2 Å². The molecule has 0 saturated heterocycles. The molecule has 0 saturated carbocycles. The van der Waals surface area contributed by atoms with Crippen LogP contribution in [-0.4, -0.2) is 88.0 Å². The zero-order valence-corrected chi connectivity index (χ0v) is 41.9. The molecule has 0 aliphatic heterocycles. The Kier molecular flexibility index (Phi) is 24.6. The van der Waals surface area contributed by atoms with Crippen LogP contribution in [0, 0.1) is 17.3 Å². The first kappa shape index (κ1) is 57.5. The summed E-state index contributed by atoms with van der Waals surface area (Å²) in [5.74, 6) is -7.24. The molecule has 0 radical (unpaired) electrons. The van der Waals surface area contributed by atoms with E-state index < -0.39 is 79.5 Å². The Labute approximate surface area is 412 Å².